The van der Waals surface area contributed by atoms with Gasteiger partial charge in [-0.1, -0.05) is 42.7 Å². The Morgan fingerprint density at radius 3 is 2.96 bits per heavy atom. The van der Waals surface area contributed by atoms with E-state index >= 15 is 0 Å². The van der Waals surface area contributed by atoms with Crippen molar-refractivity contribution >= 4 is 5.97 Å². The normalized spacial score (nSPS) is 21.3. The maximum absolute atomic E-state index is 11.7. The van der Waals surface area contributed by atoms with Crippen molar-refractivity contribution in [1.29, 1.82) is 0 Å². The topological polar surface area (TPSA) is 108 Å². The number of rotatable bonds is 6. The van der Waals surface area contributed by atoms with E-state index in [9.17, 15) is 4.79 Å². The standard InChI is InChI=1S/C18H26N6O2/c1-12-6-5-7-13(10-12)17(20-15-9-4-3-8-14(15)19)18-21-22-23-24(18)11-16(25)26-2/h5-7,10,14-15,17,20H,3-4,8-9,11,19H2,1-2H3. The fraction of sp³-hybridized carbons (Fsp3) is 0.556. The first-order valence-corrected chi connectivity index (χ1v) is 8.99. The van der Waals surface area contributed by atoms with E-state index in [0.717, 1.165) is 36.8 Å². The predicted molar refractivity (Wildman–Crippen MR) is 96.2 cm³/mol. The zero-order chi connectivity index (χ0) is 18.5. The van der Waals surface area contributed by atoms with Gasteiger partial charge in [-0.15, -0.1) is 5.10 Å². The summed E-state index contributed by atoms with van der Waals surface area (Å²) in [5.74, 6) is 0.190. The predicted octanol–water partition coefficient (Wildman–Crippen LogP) is 1.10. The zero-order valence-electron chi connectivity index (χ0n) is 15.3. The summed E-state index contributed by atoms with van der Waals surface area (Å²) in [6, 6.07) is 8.22. The molecule has 2 aromatic rings. The van der Waals surface area contributed by atoms with E-state index in [0.29, 0.717) is 5.82 Å². The van der Waals surface area contributed by atoms with Gasteiger partial charge in [0.2, 0.25) is 0 Å². The Morgan fingerprint density at radius 2 is 2.23 bits per heavy atom. The zero-order valence-corrected chi connectivity index (χ0v) is 15.3. The van der Waals surface area contributed by atoms with Gasteiger partial charge in [0.1, 0.15) is 6.54 Å². The fourth-order valence-electron chi connectivity index (χ4n) is 3.47. The van der Waals surface area contributed by atoms with E-state index in [1.165, 1.54) is 11.8 Å². The maximum Gasteiger partial charge on any atom is 0.327 e. The van der Waals surface area contributed by atoms with Gasteiger partial charge in [0.25, 0.3) is 0 Å². The van der Waals surface area contributed by atoms with Gasteiger partial charge in [0, 0.05) is 12.1 Å². The highest BCUT2D eigenvalue weighted by molar-refractivity contribution is 5.68. The van der Waals surface area contributed by atoms with Crippen LogP contribution in [0.25, 0.3) is 0 Å². The molecule has 1 heterocycles. The molecule has 3 atom stereocenters. The molecule has 0 spiro atoms. The van der Waals surface area contributed by atoms with Gasteiger partial charge >= 0.3 is 5.97 Å². The van der Waals surface area contributed by atoms with Crippen molar-refractivity contribution in [2.24, 2.45) is 5.73 Å². The molecule has 26 heavy (non-hydrogen) atoms. The molecule has 1 aliphatic rings. The number of methoxy groups -OCH3 is 1. The van der Waals surface area contributed by atoms with Gasteiger partial charge in [0.05, 0.1) is 13.2 Å². The molecule has 0 saturated heterocycles. The lowest BCUT2D eigenvalue weighted by atomic mass is 9.89. The average molecular weight is 358 g/mol. The molecular formula is C18H26N6O2. The Kier molecular flexibility index (Phi) is 5.95. The second kappa shape index (κ2) is 8.37. The molecular weight excluding hydrogens is 332 g/mol. The summed E-state index contributed by atoms with van der Waals surface area (Å²) in [7, 11) is 1.35. The molecule has 140 valence electrons. The minimum atomic E-state index is -0.393. The summed E-state index contributed by atoms with van der Waals surface area (Å²) in [6.45, 7) is 2.02. The van der Waals surface area contributed by atoms with Crippen LogP contribution in [0.1, 0.15) is 48.7 Å². The number of carbonyl (C=O) groups is 1. The van der Waals surface area contributed by atoms with E-state index < -0.39 is 5.97 Å². The first-order valence-electron chi connectivity index (χ1n) is 8.99. The van der Waals surface area contributed by atoms with Crippen molar-refractivity contribution in [3.05, 3.63) is 41.2 Å². The van der Waals surface area contributed by atoms with Crippen LogP contribution in [0.5, 0.6) is 0 Å². The lowest BCUT2D eigenvalue weighted by Gasteiger charge is -2.33. The van der Waals surface area contributed by atoms with E-state index in [-0.39, 0.29) is 24.7 Å². The highest BCUT2D eigenvalue weighted by Crippen LogP contribution is 2.25. The number of hydrogen-bond acceptors (Lipinski definition) is 7. The van der Waals surface area contributed by atoms with E-state index in [2.05, 4.69) is 26.9 Å². The van der Waals surface area contributed by atoms with Crippen molar-refractivity contribution in [3.63, 3.8) is 0 Å². The first-order chi connectivity index (χ1) is 12.6. The quantitative estimate of drug-likeness (QED) is 0.745. The molecule has 3 unspecified atom stereocenters. The van der Waals surface area contributed by atoms with Crippen LogP contribution < -0.4 is 11.1 Å². The third kappa shape index (κ3) is 4.25. The summed E-state index contributed by atoms with van der Waals surface area (Å²) in [5.41, 5.74) is 8.53. The molecule has 8 nitrogen and oxygen atoms in total. The molecule has 3 rings (SSSR count). The van der Waals surface area contributed by atoms with Gasteiger partial charge in [-0.2, -0.15) is 0 Å². The highest BCUT2D eigenvalue weighted by Gasteiger charge is 2.29. The van der Waals surface area contributed by atoms with Gasteiger partial charge in [0.15, 0.2) is 5.82 Å². The van der Waals surface area contributed by atoms with Crippen LogP contribution in [0.15, 0.2) is 24.3 Å². The number of aryl methyl sites for hydroxylation is 1. The van der Waals surface area contributed by atoms with Crippen molar-refractivity contribution in [1.82, 2.24) is 25.5 Å². The van der Waals surface area contributed by atoms with Crippen LogP contribution in [-0.2, 0) is 16.1 Å². The number of benzene rings is 1. The van der Waals surface area contributed by atoms with E-state index in [1.807, 2.05) is 25.1 Å². The largest absolute Gasteiger partial charge is 0.468 e. The number of tetrazole rings is 1. The number of nitrogens with one attached hydrogen (secondary N) is 1. The number of nitrogens with two attached hydrogens (primary N) is 1. The number of hydrogen-bond donors (Lipinski definition) is 2. The molecule has 1 saturated carbocycles. The molecule has 1 aliphatic carbocycles. The smallest absolute Gasteiger partial charge is 0.327 e. The van der Waals surface area contributed by atoms with E-state index in [4.69, 9.17) is 10.5 Å². The van der Waals surface area contributed by atoms with Crippen molar-refractivity contribution in [3.8, 4) is 0 Å². The molecule has 1 fully saturated rings. The maximum atomic E-state index is 11.7. The van der Waals surface area contributed by atoms with Crippen molar-refractivity contribution in [2.45, 2.75) is 57.3 Å². The molecule has 1 aromatic heterocycles. The third-order valence-electron chi connectivity index (χ3n) is 4.90. The van der Waals surface area contributed by atoms with Crippen LogP contribution in [0.2, 0.25) is 0 Å². The summed E-state index contributed by atoms with van der Waals surface area (Å²) >= 11 is 0. The van der Waals surface area contributed by atoms with Gasteiger partial charge in [-0.3, -0.25) is 10.1 Å². The molecule has 0 radical (unpaired) electrons. The number of ether oxygens (including phenoxy) is 1. The average Bonchev–Trinajstić information content (AvgIpc) is 3.08. The molecule has 8 heteroatoms. The minimum absolute atomic E-state index is 0.0282. The van der Waals surface area contributed by atoms with Crippen LogP contribution in [-0.4, -0.2) is 45.4 Å². The van der Waals surface area contributed by atoms with Gasteiger partial charge in [-0.25, -0.2) is 4.68 Å². The summed E-state index contributed by atoms with van der Waals surface area (Å²) < 4.78 is 6.24. The summed E-state index contributed by atoms with van der Waals surface area (Å²) in [5, 5.41) is 15.6. The van der Waals surface area contributed by atoms with E-state index in [1.54, 1.807) is 0 Å². The van der Waals surface area contributed by atoms with Crippen LogP contribution in [0.3, 0.4) is 0 Å². The first kappa shape index (κ1) is 18.5. The Bertz CT molecular complexity index is 747. The Morgan fingerprint density at radius 1 is 1.42 bits per heavy atom. The fourth-order valence-corrected chi connectivity index (χ4v) is 3.47. The van der Waals surface area contributed by atoms with Crippen LogP contribution >= 0.6 is 0 Å². The lowest BCUT2D eigenvalue weighted by molar-refractivity contribution is -0.141. The summed E-state index contributed by atoms with van der Waals surface area (Å²) in [6.07, 6.45) is 4.33. The number of nitrogens with zero attached hydrogens (tertiary/aromatic N) is 4. The highest BCUT2D eigenvalue weighted by atomic mass is 16.5. The van der Waals surface area contributed by atoms with Crippen molar-refractivity contribution in [2.75, 3.05) is 7.11 Å². The molecule has 0 aliphatic heterocycles. The Labute approximate surface area is 153 Å². The van der Waals surface area contributed by atoms with Gasteiger partial charge in [-0.05, 0) is 35.8 Å². The van der Waals surface area contributed by atoms with Crippen molar-refractivity contribution < 1.29 is 9.53 Å². The SMILES string of the molecule is COC(=O)Cn1nnnc1C(NC1CCCCC1N)c1cccc(C)c1. The van der Waals surface area contributed by atoms with Crippen LogP contribution in [0, 0.1) is 6.92 Å². The minimum Gasteiger partial charge on any atom is -0.468 e. The Balaban J connectivity index is 1.93. The Hall–Kier alpha value is -2.32. The van der Waals surface area contributed by atoms with Crippen LogP contribution in [0.4, 0.5) is 0 Å². The molecule has 0 bridgehead atoms. The lowest BCUT2D eigenvalue weighted by Crippen LogP contribution is -2.49. The molecule has 0 amide bonds. The second-order valence-electron chi connectivity index (χ2n) is 6.84. The number of esters is 1. The number of aromatic nitrogens is 4. The molecule has 1 aromatic carbocycles. The monoisotopic (exact) mass is 358 g/mol. The molecule has 3 N–H and O–H groups in total. The van der Waals surface area contributed by atoms with Gasteiger partial charge < -0.3 is 10.5 Å². The third-order valence-corrected chi connectivity index (χ3v) is 4.90. The summed E-state index contributed by atoms with van der Waals surface area (Å²) in [4.78, 5) is 11.7. The number of carbonyl (C=O) groups excluding carboxylic acids is 1. The second-order valence-corrected chi connectivity index (χ2v) is 6.84.